The number of amides is 1. The summed E-state index contributed by atoms with van der Waals surface area (Å²) in [6, 6.07) is 4.99. The average molecular weight is 272 g/mol. The molecule has 1 aromatic heterocycles. The number of methoxy groups -OCH3 is 1. The maximum absolute atomic E-state index is 12.1. The van der Waals surface area contributed by atoms with Gasteiger partial charge in [0.2, 0.25) is 0 Å². The first-order chi connectivity index (χ1) is 9.61. The molecule has 0 unspecified atom stereocenters. The summed E-state index contributed by atoms with van der Waals surface area (Å²) >= 11 is 0. The molecule has 0 atom stereocenters. The Balaban J connectivity index is 2.00. The van der Waals surface area contributed by atoms with Crippen molar-refractivity contribution < 1.29 is 14.3 Å². The first-order valence-electron chi connectivity index (χ1n) is 5.99. The Kier molecular flexibility index (Phi) is 2.74. The van der Waals surface area contributed by atoms with Crippen LogP contribution < -0.4 is 9.64 Å². The smallest absolute Gasteiger partial charge is 0.299 e. The molecule has 0 spiro atoms. The largest absolute Gasteiger partial charge is 0.497 e. The number of hydrogen-bond acceptors (Lipinski definition) is 5. The Morgan fingerprint density at radius 3 is 2.75 bits per heavy atom. The molecule has 0 saturated heterocycles. The Bertz CT molecular complexity index is 707. The van der Waals surface area contributed by atoms with Crippen LogP contribution in [-0.2, 0) is 18.4 Å². The molecule has 1 aliphatic heterocycles. The second kappa shape index (κ2) is 4.44. The van der Waals surface area contributed by atoms with E-state index in [1.807, 2.05) is 0 Å². The predicted octanol–water partition coefficient (Wildman–Crippen LogP) is 0.553. The van der Waals surface area contributed by atoms with Crippen molar-refractivity contribution in [2.45, 2.75) is 6.54 Å². The van der Waals surface area contributed by atoms with Gasteiger partial charge >= 0.3 is 0 Å². The monoisotopic (exact) mass is 272 g/mol. The van der Waals surface area contributed by atoms with Crippen LogP contribution in [0.5, 0.6) is 5.75 Å². The van der Waals surface area contributed by atoms with E-state index in [2.05, 4.69) is 10.1 Å². The molecule has 0 N–H and O–H groups in total. The predicted molar refractivity (Wildman–Crippen MR) is 69.5 cm³/mol. The number of ketones is 1. The third-order valence-corrected chi connectivity index (χ3v) is 3.28. The lowest BCUT2D eigenvalue weighted by atomic mass is 10.1. The molecule has 3 rings (SSSR count). The van der Waals surface area contributed by atoms with Crippen LogP contribution in [0.2, 0.25) is 0 Å². The normalized spacial score (nSPS) is 13.8. The summed E-state index contributed by atoms with van der Waals surface area (Å²) in [6.45, 7) is 0.209. The molecule has 2 heterocycles. The number of nitrogens with zero attached hydrogens (tertiary/aromatic N) is 4. The zero-order valence-corrected chi connectivity index (χ0v) is 11.0. The third kappa shape index (κ3) is 1.75. The van der Waals surface area contributed by atoms with Crippen LogP contribution in [0.25, 0.3) is 0 Å². The molecule has 1 aliphatic rings. The number of carbonyl (C=O) groups excluding carboxylic acids is 2. The first kappa shape index (κ1) is 12.3. The van der Waals surface area contributed by atoms with Gasteiger partial charge in [0.1, 0.15) is 17.9 Å². The van der Waals surface area contributed by atoms with E-state index in [1.165, 1.54) is 18.3 Å². The number of hydrogen-bond donors (Lipinski definition) is 0. The van der Waals surface area contributed by atoms with E-state index in [4.69, 9.17) is 4.74 Å². The zero-order chi connectivity index (χ0) is 14.3. The minimum atomic E-state index is -0.559. The summed E-state index contributed by atoms with van der Waals surface area (Å²) in [5.74, 6) is 0.0672. The molecule has 2 aromatic rings. The molecule has 20 heavy (non-hydrogen) atoms. The van der Waals surface area contributed by atoms with Gasteiger partial charge in [0.25, 0.3) is 11.7 Å². The standard InChI is InChI=1S/C13H12N4O3/c1-16-11(14-7-15-16)6-17-10-4-3-8(20-2)5-9(10)12(18)13(17)19/h3-5,7H,6H2,1-2H3. The van der Waals surface area contributed by atoms with Gasteiger partial charge in [-0.05, 0) is 18.2 Å². The second-order valence-corrected chi connectivity index (χ2v) is 4.40. The van der Waals surface area contributed by atoms with Crippen molar-refractivity contribution >= 4 is 17.4 Å². The molecule has 7 heteroatoms. The maximum Gasteiger partial charge on any atom is 0.299 e. The Hall–Kier alpha value is -2.70. The van der Waals surface area contributed by atoms with Crippen molar-refractivity contribution in [3.05, 3.63) is 35.9 Å². The van der Waals surface area contributed by atoms with Crippen LogP contribution in [0.4, 0.5) is 5.69 Å². The molecule has 1 amide bonds. The maximum atomic E-state index is 12.1. The minimum absolute atomic E-state index is 0.209. The van der Waals surface area contributed by atoms with Gasteiger partial charge in [-0.3, -0.25) is 19.2 Å². The lowest BCUT2D eigenvalue weighted by molar-refractivity contribution is -0.114. The summed E-state index contributed by atoms with van der Waals surface area (Å²) in [6.07, 6.45) is 1.41. The highest BCUT2D eigenvalue weighted by atomic mass is 16.5. The number of anilines is 1. The highest BCUT2D eigenvalue weighted by Gasteiger charge is 2.36. The summed E-state index contributed by atoms with van der Waals surface area (Å²) in [5.41, 5.74) is 0.931. The van der Waals surface area contributed by atoms with Crippen LogP contribution >= 0.6 is 0 Å². The van der Waals surface area contributed by atoms with Gasteiger partial charge in [0.05, 0.1) is 24.9 Å². The molecule has 1 aromatic carbocycles. The number of ether oxygens (including phenoxy) is 1. The van der Waals surface area contributed by atoms with E-state index in [1.54, 1.807) is 29.9 Å². The van der Waals surface area contributed by atoms with Crippen LogP contribution in [0.3, 0.4) is 0 Å². The fourth-order valence-corrected chi connectivity index (χ4v) is 2.17. The quantitative estimate of drug-likeness (QED) is 0.763. The zero-order valence-electron chi connectivity index (χ0n) is 11.0. The molecule has 0 radical (unpaired) electrons. The van der Waals surface area contributed by atoms with E-state index in [0.29, 0.717) is 22.8 Å². The van der Waals surface area contributed by atoms with Gasteiger partial charge < -0.3 is 4.74 Å². The fraction of sp³-hybridized carbons (Fsp3) is 0.231. The van der Waals surface area contributed by atoms with Crippen LogP contribution in [-0.4, -0.2) is 33.6 Å². The van der Waals surface area contributed by atoms with E-state index in [-0.39, 0.29) is 6.54 Å². The number of rotatable bonds is 3. The van der Waals surface area contributed by atoms with Gasteiger partial charge in [-0.2, -0.15) is 5.10 Å². The Morgan fingerprint density at radius 2 is 2.10 bits per heavy atom. The van der Waals surface area contributed by atoms with Crippen molar-refractivity contribution in [2.75, 3.05) is 12.0 Å². The summed E-state index contributed by atoms with van der Waals surface area (Å²) in [7, 11) is 3.25. The molecule has 0 saturated carbocycles. The second-order valence-electron chi connectivity index (χ2n) is 4.40. The summed E-state index contributed by atoms with van der Waals surface area (Å²) in [5, 5.41) is 3.95. The molecule has 0 aliphatic carbocycles. The van der Waals surface area contributed by atoms with Crippen LogP contribution in [0, 0.1) is 0 Å². The number of benzene rings is 1. The molecule has 7 nitrogen and oxygen atoms in total. The Labute approximate surface area is 114 Å². The average Bonchev–Trinajstić information content (AvgIpc) is 2.96. The number of fused-ring (bicyclic) bond motifs is 1. The minimum Gasteiger partial charge on any atom is -0.497 e. The van der Waals surface area contributed by atoms with Crippen molar-refractivity contribution in [1.82, 2.24) is 14.8 Å². The van der Waals surface area contributed by atoms with Gasteiger partial charge in [0, 0.05) is 7.05 Å². The number of carbonyl (C=O) groups is 2. The Morgan fingerprint density at radius 1 is 1.30 bits per heavy atom. The molecule has 0 fully saturated rings. The molecular weight excluding hydrogens is 260 g/mol. The van der Waals surface area contributed by atoms with Crippen molar-refractivity contribution in [3.8, 4) is 5.75 Å². The SMILES string of the molecule is COc1ccc2c(c1)C(=O)C(=O)N2Cc1ncnn1C. The first-order valence-corrected chi connectivity index (χ1v) is 5.99. The lowest BCUT2D eigenvalue weighted by Gasteiger charge is -2.15. The van der Waals surface area contributed by atoms with E-state index in [0.717, 1.165) is 0 Å². The van der Waals surface area contributed by atoms with E-state index < -0.39 is 11.7 Å². The lowest BCUT2D eigenvalue weighted by Crippen LogP contribution is -2.30. The molecule has 102 valence electrons. The number of aromatic nitrogens is 3. The van der Waals surface area contributed by atoms with Crippen LogP contribution in [0.15, 0.2) is 24.5 Å². The van der Waals surface area contributed by atoms with Crippen molar-refractivity contribution in [3.63, 3.8) is 0 Å². The highest BCUT2D eigenvalue weighted by Crippen LogP contribution is 2.32. The fourth-order valence-electron chi connectivity index (χ4n) is 2.17. The molecular formula is C13H12N4O3. The van der Waals surface area contributed by atoms with Crippen molar-refractivity contribution in [2.24, 2.45) is 7.05 Å². The number of aryl methyl sites for hydroxylation is 1. The third-order valence-electron chi connectivity index (χ3n) is 3.28. The van der Waals surface area contributed by atoms with Gasteiger partial charge in [-0.25, -0.2) is 4.98 Å². The van der Waals surface area contributed by atoms with Crippen molar-refractivity contribution in [1.29, 1.82) is 0 Å². The van der Waals surface area contributed by atoms with Gasteiger partial charge in [0.15, 0.2) is 0 Å². The topological polar surface area (TPSA) is 77.3 Å². The van der Waals surface area contributed by atoms with Gasteiger partial charge in [-0.15, -0.1) is 0 Å². The summed E-state index contributed by atoms with van der Waals surface area (Å²) in [4.78, 5) is 29.5. The van der Waals surface area contributed by atoms with E-state index >= 15 is 0 Å². The van der Waals surface area contributed by atoms with Crippen LogP contribution in [0.1, 0.15) is 16.2 Å². The summed E-state index contributed by atoms with van der Waals surface area (Å²) < 4.78 is 6.64. The molecule has 0 bridgehead atoms. The van der Waals surface area contributed by atoms with Gasteiger partial charge in [-0.1, -0.05) is 0 Å². The highest BCUT2D eigenvalue weighted by molar-refractivity contribution is 6.52. The number of Topliss-reactive ketones (excluding diaryl/α,β-unsaturated/α-hetero) is 1. The van der Waals surface area contributed by atoms with E-state index in [9.17, 15) is 9.59 Å².